The van der Waals surface area contributed by atoms with E-state index >= 15 is 0 Å². The molecule has 136 valence electrons. The van der Waals surface area contributed by atoms with Gasteiger partial charge in [-0.2, -0.15) is 0 Å². The van der Waals surface area contributed by atoms with Crippen molar-refractivity contribution in [3.63, 3.8) is 0 Å². The lowest BCUT2D eigenvalue weighted by Crippen LogP contribution is -2.28. The van der Waals surface area contributed by atoms with Gasteiger partial charge in [-0.1, -0.05) is 6.07 Å². The number of likely N-dealkylation sites (N-methyl/N-ethyl adjacent to an activating group) is 1. The number of ether oxygens (including phenoxy) is 1. The number of halogens is 2. The summed E-state index contributed by atoms with van der Waals surface area (Å²) in [6, 6.07) is 9.83. The van der Waals surface area contributed by atoms with Crippen LogP contribution in [0.4, 0.5) is 14.5 Å². The van der Waals surface area contributed by atoms with Gasteiger partial charge in [0.1, 0.15) is 17.4 Å². The highest BCUT2D eigenvalue weighted by Gasteiger charge is 2.06. The summed E-state index contributed by atoms with van der Waals surface area (Å²) in [5.41, 5.74) is 0.191. The molecular formula is C19H18F2N2O3. The molecule has 5 nitrogen and oxygen atoms in total. The Hall–Kier alpha value is -3.22. The summed E-state index contributed by atoms with van der Waals surface area (Å²) in [7, 11) is 0. The smallest absolute Gasteiger partial charge is 0.257 e. The lowest BCUT2D eigenvalue weighted by Gasteiger charge is -2.07. The maximum absolute atomic E-state index is 13.5. The molecule has 0 unspecified atom stereocenters. The van der Waals surface area contributed by atoms with Crippen LogP contribution in [-0.4, -0.2) is 25.0 Å². The molecule has 0 aliphatic carbocycles. The normalized spacial score (nSPS) is 10.6. The summed E-state index contributed by atoms with van der Waals surface area (Å²) in [6.45, 7) is 2.23. The molecule has 0 fully saturated rings. The quantitative estimate of drug-likeness (QED) is 0.746. The Balaban J connectivity index is 1.91. The van der Waals surface area contributed by atoms with E-state index in [1.807, 2.05) is 6.92 Å². The van der Waals surface area contributed by atoms with E-state index in [9.17, 15) is 18.4 Å². The molecule has 0 aliphatic rings. The van der Waals surface area contributed by atoms with E-state index in [0.717, 1.165) is 24.3 Å². The van der Waals surface area contributed by atoms with Gasteiger partial charge in [0.2, 0.25) is 5.91 Å². The molecule has 26 heavy (non-hydrogen) atoms. The van der Waals surface area contributed by atoms with Crippen LogP contribution in [0.25, 0.3) is 6.08 Å². The van der Waals surface area contributed by atoms with Gasteiger partial charge in [0.25, 0.3) is 5.91 Å². The molecule has 2 amide bonds. The van der Waals surface area contributed by atoms with E-state index in [1.165, 1.54) is 6.07 Å². The van der Waals surface area contributed by atoms with Crippen molar-refractivity contribution in [3.8, 4) is 5.75 Å². The molecule has 0 aromatic heterocycles. The molecule has 2 N–H and O–H groups in total. The Morgan fingerprint density at radius 3 is 2.35 bits per heavy atom. The Morgan fingerprint density at radius 1 is 1.08 bits per heavy atom. The number of hydrogen-bond donors (Lipinski definition) is 2. The summed E-state index contributed by atoms with van der Waals surface area (Å²) in [4.78, 5) is 23.2. The van der Waals surface area contributed by atoms with Crippen molar-refractivity contribution in [2.24, 2.45) is 0 Å². The van der Waals surface area contributed by atoms with Crippen LogP contribution in [0.15, 0.2) is 48.5 Å². The predicted octanol–water partition coefficient (Wildman–Crippen LogP) is 3.13. The first-order chi connectivity index (χ1) is 12.5. The first kappa shape index (κ1) is 19.1. The standard InChI is InChI=1S/C19H18F2N2O3/c1-2-22-19(25)12-26-14-8-6-13(7-9-14)23-18(24)11-10-15-16(20)4-3-5-17(15)21/h3-11H,2,12H2,1H3,(H,22,25)(H,23,24). The highest BCUT2D eigenvalue weighted by Crippen LogP contribution is 2.16. The van der Waals surface area contributed by atoms with Gasteiger partial charge in [-0.15, -0.1) is 0 Å². The van der Waals surface area contributed by atoms with E-state index in [-0.39, 0.29) is 18.1 Å². The van der Waals surface area contributed by atoms with E-state index in [4.69, 9.17) is 4.74 Å². The zero-order valence-corrected chi connectivity index (χ0v) is 14.1. The third-order valence-electron chi connectivity index (χ3n) is 3.27. The fourth-order valence-electron chi connectivity index (χ4n) is 2.04. The summed E-state index contributed by atoms with van der Waals surface area (Å²) in [5, 5.41) is 5.16. The van der Waals surface area contributed by atoms with Crippen LogP contribution >= 0.6 is 0 Å². The summed E-state index contributed by atoms with van der Waals surface area (Å²) < 4.78 is 32.3. The van der Waals surface area contributed by atoms with Gasteiger partial charge in [0, 0.05) is 23.9 Å². The lowest BCUT2D eigenvalue weighted by atomic mass is 10.2. The minimum absolute atomic E-state index is 0.101. The van der Waals surface area contributed by atoms with Crippen molar-refractivity contribution in [2.75, 3.05) is 18.5 Å². The molecule has 0 saturated carbocycles. The van der Waals surface area contributed by atoms with Gasteiger partial charge in [-0.3, -0.25) is 9.59 Å². The van der Waals surface area contributed by atoms with Crippen LogP contribution in [0.3, 0.4) is 0 Å². The molecule has 7 heteroatoms. The second kappa shape index (κ2) is 9.31. The number of anilines is 1. The highest BCUT2D eigenvalue weighted by atomic mass is 19.1. The number of benzene rings is 2. The van der Waals surface area contributed by atoms with Gasteiger partial charge in [0.15, 0.2) is 6.61 Å². The fourth-order valence-corrected chi connectivity index (χ4v) is 2.04. The van der Waals surface area contributed by atoms with Crippen LogP contribution in [0.2, 0.25) is 0 Å². The van der Waals surface area contributed by atoms with Crippen molar-refractivity contribution >= 4 is 23.6 Å². The second-order valence-electron chi connectivity index (χ2n) is 5.22. The maximum Gasteiger partial charge on any atom is 0.257 e. The number of amides is 2. The molecule has 0 radical (unpaired) electrons. The van der Waals surface area contributed by atoms with Crippen LogP contribution in [0.5, 0.6) is 5.75 Å². The van der Waals surface area contributed by atoms with E-state index in [0.29, 0.717) is 18.0 Å². The molecule has 2 aromatic rings. The SMILES string of the molecule is CCNC(=O)COc1ccc(NC(=O)C=Cc2c(F)cccc2F)cc1. The molecule has 0 spiro atoms. The summed E-state index contributed by atoms with van der Waals surface area (Å²) in [6.07, 6.45) is 2.12. The first-order valence-electron chi connectivity index (χ1n) is 7.92. The molecular weight excluding hydrogens is 342 g/mol. The van der Waals surface area contributed by atoms with Crippen molar-refractivity contribution in [3.05, 3.63) is 65.7 Å². The minimum Gasteiger partial charge on any atom is -0.484 e. The monoisotopic (exact) mass is 360 g/mol. The van der Waals surface area contributed by atoms with Gasteiger partial charge in [-0.05, 0) is 49.4 Å². The average molecular weight is 360 g/mol. The number of carbonyl (C=O) groups excluding carboxylic acids is 2. The highest BCUT2D eigenvalue weighted by molar-refractivity contribution is 6.01. The molecule has 0 aliphatic heterocycles. The molecule has 2 aromatic carbocycles. The van der Waals surface area contributed by atoms with Gasteiger partial charge in [-0.25, -0.2) is 8.78 Å². The Morgan fingerprint density at radius 2 is 1.73 bits per heavy atom. The number of hydrogen-bond acceptors (Lipinski definition) is 3. The second-order valence-corrected chi connectivity index (χ2v) is 5.22. The third kappa shape index (κ3) is 5.70. The largest absolute Gasteiger partial charge is 0.484 e. The van der Waals surface area contributed by atoms with Crippen molar-refractivity contribution in [2.45, 2.75) is 6.92 Å². The molecule has 0 heterocycles. The minimum atomic E-state index is -0.748. The van der Waals surface area contributed by atoms with Crippen LogP contribution in [-0.2, 0) is 9.59 Å². The zero-order chi connectivity index (χ0) is 18.9. The number of carbonyl (C=O) groups is 2. The molecule has 0 atom stereocenters. The van der Waals surface area contributed by atoms with Crippen LogP contribution < -0.4 is 15.4 Å². The van der Waals surface area contributed by atoms with Crippen LogP contribution in [0, 0.1) is 11.6 Å². The topological polar surface area (TPSA) is 67.4 Å². The number of nitrogens with one attached hydrogen (secondary N) is 2. The van der Waals surface area contributed by atoms with Crippen molar-refractivity contribution in [1.82, 2.24) is 5.32 Å². The Bertz CT molecular complexity index is 785. The average Bonchev–Trinajstić information content (AvgIpc) is 2.61. The van der Waals surface area contributed by atoms with E-state index in [1.54, 1.807) is 24.3 Å². The lowest BCUT2D eigenvalue weighted by molar-refractivity contribution is -0.123. The number of rotatable bonds is 7. The van der Waals surface area contributed by atoms with Crippen molar-refractivity contribution < 1.29 is 23.1 Å². The Kier molecular flexibility index (Phi) is 6.84. The van der Waals surface area contributed by atoms with Crippen LogP contribution in [0.1, 0.15) is 12.5 Å². The summed E-state index contributed by atoms with van der Waals surface area (Å²) in [5.74, 6) is -1.79. The summed E-state index contributed by atoms with van der Waals surface area (Å²) >= 11 is 0. The Labute approximate surface area is 149 Å². The predicted molar refractivity (Wildman–Crippen MR) is 94.6 cm³/mol. The molecule has 0 bridgehead atoms. The van der Waals surface area contributed by atoms with Gasteiger partial charge in [0.05, 0.1) is 0 Å². The van der Waals surface area contributed by atoms with E-state index in [2.05, 4.69) is 10.6 Å². The van der Waals surface area contributed by atoms with E-state index < -0.39 is 17.5 Å². The molecule has 2 rings (SSSR count). The fraction of sp³-hybridized carbons (Fsp3) is 0.158. The van der Waals surface area contributed by atoms with Crippen molar-refractivity contribution in [1.29, 1.82) is 0 Å². The van der Waals surface area contributed by atoms with Gasteiger partial charge < -0.3 is 15.4 Å². The maximum atomic E-state index is 13.5. The first-order valence-corrected chi connectivity index (χ1v) is 7.92. The third-order valence-corrected chi connectivity index (χ3v) is 3.27. The molecule has 0 saturated heterocycles. The van der Waals surface area contributed by atoms with Gasteiger partial charge >= 0.3 is 0 Å². The zero-order valence-electron chi connectivity index (χ0n) is 14.1.